The summed E-state index contributed by atoms with van der Waals surface area (Å²) in [6.45, 7) is 4.71. The second kappa shape index (κ2) is 8.64. The molecular weight excluding hydrogens is 406 g/mol. The molecular formula is C25H33N3O2S. The van der Waals surface area contributed by atoms with E-state index in [9.17, 15) is 8.42 Å². The van der Waals surface area contributed by atoms with E-state index in [1.807, 2.05) is 16.6 Å². The third-order valence-corrected chi connectivity index (χ3v) is 10.0. The highest BCUT2D eigenvalue weighted by Crippen LogP contribution is 2.41. The molecule has 1 aliphatic carbocycles. The van der Waals surface area contributed by atoms with Gasteiger partial charge in [-0.3, -0.25) is 9.88 Å². The normalized spacial score (nSPS) is 28.5. The van der Waals surface area contributed by atoms with Gasteiger partial charge in [-0.2, -0.15) is 0 Å². The number of sulfonamides is 1. The summed E-state index contributed by atoms with van der Waals surface area (Å²) in [7, 11) is -3.35. The van der Waals surface area contributed by atoms with Gasteiger partial charge in [-0.25, -0.2) is 12.7 Å². The highest BCUT2D eigenvalue weighted by atomic mass is 32.2. The van der Waals surface area contributed by atoms with Crippen LogP contribution < -0.4 is 0 Å². The Morgan fingerprint density at radius 1 is 1.03 bits per heavy atom. The number of rotatable bonds is 4. The van der Waals surface area contributed by atoms with Crippen LogP contribution in [0.4, 0.5) is 0 Å². The molecule has 5 nitrogen and oxygen atoms in total. The van der Waals surface area contributed by atoms with Crippen molar-refractivity contribution < 1.29 is 8.42 Å². The van der Waals surface area contributed by atoms with Crippen molar-refractivity contribution in [2.75, 3.05) is 19.6 Å². The Morgan fingerprint density at radius 3 is 2.71 bits per heavy atom. The lowest BCUT2D eigenvalue weighted by molar-refractivity contribution is 0.0199. The molecule has 0 spiro atoms. The van der Waals surface area contributed by atoms with E-state index in [-0.39, 0.29) is 0 Å². The van der Waals surface area contributed by atoms with Gasteiger partial charge in [-0.15, -0.1) is 0 Å². The summed E-state index contributed by atoms with van der Waals surface area (Å²) in [6, 6.07) is 13.5. The standard InChI is InChI=1S/C25H33N3O2S/c1-19(20-7-3-2-4-8-20)28-15-6-10-22-18-27(16-13-24(22)28)31(29,30)25-11-5-9-21-17-26-14-12-23(21)25/h2-4,7-8,12,14,17,19,22,24-25H,5-6,9-11,13,15-16,18H2,1H3. The Kier molecular flexibility index (Phi) is 5.88. The summed E-state index contributed by atoms with van der Waals surface area (Å²) in [4.78, 5) is 6.85. The second-order valence-electron chi connectivity index (χ2n) is 9.44. The molecule has 0 bridgehead atoms. The lowest BCUT2D eigenvalue weighted by Crippen LogP contribution is -2.56. The second-order valence-corrected chi connectivity index (χ2v) is 11.6. The molecule has 0 N–H and O–H groups in total. The molecule has 0 radical (unpaired) electrons. The predicted octanol–water partition coefficient (Wildman–Crippen LogP) is 4.34. The number of fused-ring (bicyclic) bond motifs is 2. The van der Waals surface area contributed by atoms with E-state index in [1.54, 1.807) is 6.20 Å². The maximum absolute atomic E-state index is 13.7. The summed E-state index contributed by atoms with van der Waals surface area (Å²) in [5.74, 6) is 0.420. The molecule has 31 heavy (non-hydrogen) atoms. The number of benzene rings is 1. The van der Waals surface area contributed by atoms with Crippen LogP contribution in [0, 0.1) is 5.92 Å². The van der Waals surface area contributed by atoms with E-state index in [4.69, 9.17) is 0 Å². The third-order valence-electron chi connectivity index (χ3n) is 7.77. The zero-order valence-electron chi connectivity index (χ0n) is 18.4. The van der Waals surface area contributed by atoms with Crippen molar-refractivity contribution in [3.63, 3.8) is 0 Å². The number of hydrogen-bond donors (Lipinski definition) is 0. The van der Waals surface area contributed by atoms with Crippen LogP contribution in [-0.2, 0) is 16.4 Å². The zero-order valence-corrected chi connectivity index (χ0v) is 19.2. The van der Waals surface area contributed by atoms with Crippen molar-refractivity contribution >= 4 is 10.0 Å². The Bertz CT molecular complexity index is 1010. The zero-order chi connectivity index (χ0) is 21.4. The monoisotopic (exact) mass is 439 g/mol. The number of pyridine rings is 1. The fraction of sp³-hybridized carbons (Fsp3) is 0.560. The van der Waals surface area contributed by atoms with E-state index in [1.165, 1.54) is 5.56 Å². The van der Waals surface area contributed by atoms with Gasteiger partial charge < -0.3 is 0 Å². The molecule has 4 unspecified atom stereocenters. The minimum Gasteiger partial charge on any atom is -0.293 e. The van der Waals surface area contributed by atoms with Crippen LogP contribution in [0.25, 0.3) is 0 Å². The van der Waals surface area contributed by atoms with E-state index in [0.717, 1.165) is 56.2 Å². The number of likely N-dealkylation sites (tertiary alicyclic amines) is 1. The Labute approximate surface area is 186 Å². The lowest BCUT2D eigenvalue weighted by Gasteiger charge is -2.49. The van der Waals surface area contributed by atoms with Crippen LogP contribution in [0.15, 0.2) is 48.8 Å². The average Bonchev–Trinajstić information content (AvgIpc) is 2.83. The molecule has 1 aromatic carbocycles. The molecule has 0 saturated carbocycles. The van der Waals surface area contributed by atoms with Crippen LogP contribution in [0.3, 0.4) is 0 Å². The van der Waals surface area contributed by atoms with Gasteiger partial charge in [0.2, 0.25) is 10.0 Å². The van der Waals surface area contributed by atoms with Gasteiger partial charge in [0, 0.05) is 37.6 Å². The molecule has 4 atom stereocenters. The van der Waals surface area contributed by atoms with Crippen molar-refractivity contribution in [1.82, 2.24) is 14.2 Å². The van der Waals surface area contributed by atoms with Gasteiger partial charge in [0.05, 0.1) is 0 Å². The van der Waals surface area contributed by atoms with Crippen molar-refractivity contribution in [3.8, 4) is 0 Å². The molecule has 2 fully saturated rings. The lowest BCUT2D eigenvalue weighted by atomic mass is 9.83. The van der Waals surface area contributed by atoms with Crippen LogP contribution in [0.2, 0.25) is 0 Å². The fourth-order valence-corrected chi connectivity index (χ4v) is 8.26. The summed E-state index contributed by atoms with van der Waals surface area (Å²) in [6.07, 6.45) is 9.37. The first kappa shape index (κ1) is 21.1. The van der Waals surface area contributed by atoms with Gasteiger partial charge >= 0.3 is 0 Å². The fourth-order valence-electron chi connectivity index (χ4n) is 6.13. The van der Waals surface area contributed by atoms with Gasteiger partial charge in [-0.05, 0) is 80.7 Å². The molecule has 5 rings (SSSR count). The Morgan fingerprint density at radius 2 is 1.87 bits per heavy atom. The number of aromatic nitrogens is 1. The summed E-state index contributed by atoms with van der Waals surface area (Å²) in [5.41, 5.74) is 3.44. The molecule has 2 saturated heterocycles. The van der Waals surface area contributed by atoms with Crippen LogP contribution in [0.5, 0.6) is 0 Å². The van der Waals surface area contributed by atoms with Gasteiger partial charge in [0.25, 0.3) is 0 Å². The molecule has 2 aromatic rings. The maximum Gasteiger partial charge on any atom is 0.221 e. The topological polar surface area (TPSA) is 53.5 Å². The largest absolute Gasteiger partial charge is 0.293 e. The number of piperidine rings is 2. The Hall–Kier alpha value is -1.76. The van der Waals surface area contributed by atoms with E-state index in [2.05, 4.69) is 47.1 Å². The van der Waals surface area contributed by atoms with Crippen molar-refractivity contribution in [3.05, 3.63) is 65.5 Å². The number of nitrogens with zero attached hydrogens (tertiary/aromatic N) is 3. The van der Waals surface area contributed by atoms with E-state index in [0.29, 0.717) is 31.1 Å². The highest BCUT2D eigenvalue weighted by molar-refractivity contribution is 7.89. The minimum atomic E-state index is -3.35. The molecule has 3 aliphatic rings. The van der Waals surface area contributed by atoms with Gasteiger partial charge in [0.1, 0.15) is 5.25 Å². The quantitative estimate of drug-likeness (QED) is 0.711. The first-order valence-corrected chi connectivity index (χ1v) is 13.3. The van der Waals surface area contributed by atoms with Crippen LogP contribution >= 0.6 is 0 Å². The SMILES string of the molecule is CC(c1ccccc1)N1CCCC2CN(S(=O)(=O)C3CCCc4cnccc43)CCC21. The molecule has 3 heterocycles. The number of aryl methyl sites for hydroxylation is 1. The molecule has 166 valence electrons. The number of hydrogen-bond acceptors (Lipinski definition) is 4. The van der Waals surface area contributed by atoms with E-state index >= 15 is 0 Å². The Balaban J connectivity index is 1.34. The van der Waals surface area contributed by atoms with Gasteiger partial charge in [0.15, 0.2) is 0 Å². The maximum atomic E-state index is 13.7. The van der Waals surface area contributed by atoms with Crippen molar-refractivity contribution in [2.45, 2.75) is 62.8 Å². The predicted molar refractivity (Wildman–Crippen MR) is 123 cm³/mol. The summed E-state index contributed by atoms with van der Waals surface area (Å²) >= 11 is 0. The summed E-state index contributed by atoms with van der Waals surface area (Å²) in [5, 5.41) is -0.404. The highest BCUT2D eigenvalue weighted by Gasteiger charge is 2.43. The molecule has 1 aromatic heterocycles. The van der Waals surface area contributed by atoms with Gasteiger partial charge in [-0.1, -0.05) is 30.3 Å². The van der Waals surface area contributed by atoms with Crippen LogP contribution in [-0.4, -0.2) is 48.3 Å². The summed E-state index contributed by atoms with van der Waals surface area (Å²) < 4.78 is 29.2. The van der Waals surface area contributed by atoms with Crippen molar-refractivity contribution in [1.29, 1.82) is 0 Å². The average molecular weight is 440 g/mol. The van der Waals surface area contributed by atoms with Crippen LogP contribution in [0.1, 0.15) is 67.0 Å². The van der Waals surface area contributed by atoms with E-state index < -0.39 is 15.3 Å². The molecule has 0 amide bonds. The molecule has 6 heteroatoms. The third kappa shape index (κ3) is 3.94. The first-order chi connectivity index (χ1) is 15.1. The first-order valence-electron chi connectivity index (χ1n) is 11.8. The minimum absolute atomic E-state index is 0.370. The smallest absolute Gasteiger partial charge is 0.221 e. The molecule has 2 aliphatic heterocycles. The van der Waals surface area contributed by atoms with Crippen molar-refractivity contribution in [2.24, 2.45) is 5.92 Å².